The third-order valence-electron chi connectivity index (χ3n) is 4.73. The maximum absolute atomic E-state index is 12.9. The molecule has 1 amide bonds. The fourth-order valence-corrected chi connectivity index (χ4v) is 3.51. The second kappa shape index (κ2) is 7.48. The molecule has 28 heavy (non-hydrogen) atoms. The van der Waals surface area contributed by atoms with Gasteiger partial charge in [-0.15, -0.1) is 0 Å². The number of hydrogen-bond acceptors (Lipinski definition) is 3. The van der Waals surface area contributed by atoms with E-state index in [0.29, 0.717) is 30.4 Å². The summed E-state index contributed by atoms with van der Waals surface area (Å²) in [6.45, 7) is 1.61. The average Bonchev–Trinajstić information content (AvgIpc) is 3.10. The van der Waals surface area contributed by atoms with Crippen molar-refractivity contribution in [2.75, 3.05) is 6.54 Å². The van der Waals surface area contributed by atoms with Gasteiger partial charge in [0, 0.05) is 23.7 Å². The van der Waals surface area contributed by atoms with Crippen molar-refractivity contribution in [1.82, 2.24) is 14.7 Å². The van der Waals surface area contributed by atoms with Gasteiger partial charge >= 0.3 is 5.97 Å². The first-order valence-corrected chi connectivity index (χ1v) is 9.30. The van der Waals surface area contributed by atoms with E-state index in [1.807, 2.05) is 30.3 Å². The highest BCUT2D eigenvalue weighted by atomic mass is 35.5. The quantitative estimate of drug-likeness (QED) is 0.717. The van der Waals surface area contributed by atoms with Gasteiger partial charge < -0.3 is 10.0 Å². The zero-order valence-corrected chi connectivity index (χ0v) is 15.8. The Morgan fingerprint density at radius 2 is 1.82 bits per heavy atom. The standard InChI is InChI=1S/C21H18ClN3O3/c22-17-6-4-16(5-7-17)18-12-19-21(28)24(8-9-25(19)23-18)13-15-3-1-2-14(10-15)11-20(26)27/h1-7,10,12H,8-9,11,13H2,(H,26,27). The van der Waals surface area contributed by atoms with Crippen molar-refractivity contribution in [2.45, 2.75) is 19.5 Å². The molecule has 1 aliphatic rings. The van der Waals surface area contributed by atoms with Crippen molar-refractivity contribution in [3.05, 3.63) is 76.4 Å². The molecule has 0 saturated carbocycles. The molecule has 0 aliphatic carbocycles. The minimum atomic E-state index is -0.871. The van der Waals surface area contributed by atoms with Crippen LogP contribution in [0.4, 0.5) is 0 Å². The van der Waals surface area contributed by atoms with E-state index in [1.54, 1.807) is 33.8 Å². The minimum Gasteiger partial charge on any atom is -0.481 e. The Morgan fingerprint density at radius 3 is 2.57 bits per heavy atom. The van der Waals surface area contributed by atoms with E-state index < -0.39 is 5.97 Å². The topological polar surface area (TPSA) is 75.4 Å². The second-order valence-electron chi connectivity index (χ2n) is 6.76. The van der Waals surface area contributed by atoms with Crippen LogP contribution in [0, 0.1) is 0 Å². The third-order valence-corrected chi connectivity index (χ3v) is 4.98. The van der Waals surface area contributed by atoms with E-state index in [0.717, 1.165) is 22.4 Å². The molecule has 1 aromatic heterocycles. The largest absolute Gasteiger partial charge is 0.481 e. The monoisotopic (exact) mass is 395 g/mol. The molecule has 0 saturated heterocycles. The van der Waals surface area contributed by atoms with Crippen molar-refractivity contribution in [3.8, 4) is 11.3 Å². The lowest BCUT2D eigenvalue weighted by Gasteiger charge is -2.27. The fraction of sp³-hybridized carbons (Fsp3) is 0.190. The first-order chi connectivity index (χ1) is 13.5. The molecule has 4 rings (SSSR count). The van der Waals surface area contributed by atoms with Gasteiger partial charge in [0.2, 0.25) is 0 Å². The van der Waals surface area contributed by atoms with E-state index in [9.17, 15) is 9.59 Å². The number of halogens is 1. The van der Waals surface area contributed by atoms with Crippen LogP contribution in [0.2, 0.25) is 5.02 Å². The van der Waals surface area contributed by atoms with E-state index in [-0.39, 0.29) is 12.3 Å². The number of benzene rings is 2. The molecule has 7 heteroatoms. The highest BCUT2D eigenvalue weighted by molar-refractivity contribution is 6.30. The molecule has 0 radical (unpaired) electrons. The molecule has 0 atom stereocenters. The number of carboxylic acid groups (broad SMARTS) is 1. The molecular formula is C21H18ClN3O3. The summed E-state index contributed by atoms with van der Waals surface area (Å²) >= 11 is 5.94. The maximum atomic E-state index is 12.9. The van der Waals surface area contributed by atoms with Crippen LogP contribution < -0.4 is 0 Å². The molecule has 0 bridgehead atoms. The number of carboxylic acids is 1. The summed E-state index contributed by atoms with van der Waals surface area (Å²) in [6.07, 6.45) is -0.0288. The summed E-state index contributed by atoms with van der Waals surface area (Å²) in [5.41, 5.74) is 3.85. The van der Waals surface area contributed by atoms with Gasteiger partial charge in [0.25, 0.3) is 5.91 Å². The van der Waals surface area contributed by atoms with E-state index >= 15 is 0 Å². The Bertz CT molecular complexity index is 1040. The van der Waals surface area contributed by atoms with Crippen LogP contribution in [0.3, 0.4) is 0 Å². The van der Waals surface area contributed by atoms with Gasteiger partial charge in [-0.1, -0.05) is 48.0 Å². The number of carbonyl (C=O) groups is 2. The molecule has 6 nitrogen and oxygen atoms in total. The molecule has 2 heterocycles. The van der Waals surface area contributed by atoms with E-state index in [1.165, 1.54) is 0 Å². The lowest BCUT2D eigenvalue weighted by molar-refractivity contribution is -0.136. The summed E-state index contributed by atoms with van der Waals surface area (Å²) in [6, 6.07) is 16.5. The summed E-state index contributed by atoms with van der Waals surface area (Å²) in [5, 5.41) is 14.2. The molecule has 0 unspecified atom stereocenters. The number of aliphatic carboxylic acids is 1. The summed E-state index contributed by atoms with van der Waals surface area (Å²) in [4.78, 5) is 25.6. The number of amides is 1. The highest BCUT2D eigenvalue weighted by Crippen LogP contribution is 2.24. The van der Waals surface area contributed by atoms with Crippen LogP contribution in [-0.4, -0.2) is 38.2 Å². The average molecular weight is 396 g/mol. The van der Waals surface area contributed by atoms with Gasteiger partial charge in [-0.05, 0) is 29.3 Å². The molecule has 1 N–H and O–H groups in total. The number of fused-ring (bicyclic) bond motifs is 1. The lowest BCUT2D eigenvalue weighted by Crippen LogP contribution is -2.39. The normalized spacial score (nSPS) is 13.5. The minimum absolute atomic E-state index is 0.0288. The van der Waals surface area contributed by atoms with Crippen LogP contribution in [0.5, 0.6) is 0 Å². The summed E-state index contributed by atoms with van der Waals surface area (Å²) in [7, 11) is 0. The lowest BCUT2D eigenvalue weighted by atomic mass is 10.1. The van der Waals surface area contributed by atoms with Gasteiger partial charge in [-0.3, -0.25) is 14.3 Å². The van der Waals surface area contributed by atoms with Gasteiger partial charge in [-0.25, -0.2) is 0 Å². The fourth-order valence-electron chi connectivity index (χ4n) is 3.38. The maximum Gasteiger partial charge on any atom is 0.307 e. The molecule has 3 aromatic rings. The molecule has 0 fully saturated rings. The van der Waals surface area contributed by atoms with Crippen LogP contribution in [-0.2, 0) is 24.3 Å². The van der Waals surface area contributed by atoms with E-state index in [4.69, 9.17) is 16.7 Å². The number of nitrogens with zero attached hydrogens (tertiary/aromatic N) is 3. The van der Waals surface area contributed by atoms with Crippen molar-refractivity contribution >= 4 is 23.5 Å². The predicted molar refractivity (Wildman–Crippen MR) is 105 cm³/mol. The van der Waals surface area contributed by atoms with Crippen LogP contribution in [0.15, 0.2) is 54.6 Å². The Kier molecular flexibility index (Phi) is 4.88. The predicted octanol–water partition coefficient (Wildman–Crippen LogP) is 3.49. The van der Waals surface area contributed by atoms with Gasteiger partial charge in [0.05, 0.1) is 18.7 Å². The van der Waals surface area contributed by atoms with Crippen molar-refractivity contribution in [2.24, 2.45) is 0 Å². The van der Waals surface area contributed by atoms with Crippen molar-refractivity contribution in [3.63, 3.8) is 0 Å². The smallest absolute Gasteiger partial charge is 0.307 e. The highest BCUT2D eigenvalue weighted by Gasteiger charge is 2.26. The zero-order chi connectivity index (χ0) is 19.7. The molecule has 2 aromatic carbocycles. The molecular weight excluding hydrogens is 378 g/mol. The number of carbonyl (C=O) groups excluding carboxylic acids is 1. The SMILES string of the molecule is O=C(O)Cc1cccc(CN2CCn3nc(-c4ccc(Cl)cc4)cc3C2=O)c1. The second-order valence-corrected chi connectivity index (χ2v) is 7.20. The first kappa shape index (κ1) is 18.3. The Morgan fingerprint density at radius 1 is 1.07 bits per heavy atom. The van der Waals surface area contributed by atoms with Crippen molar-refractivity contribution < 1.29 is 14.7 Å². The molecule has 1 aliphatic heterocycles. The number of hydrogen-bond donors (Lipinski definition) is 1. The zero-order valence-electron chi connectivity index (χ0n) is 15.0. The third kappa shape index (κ3) is 3.77. The van der Waals surface area contributed by atoms with Crippen LogP contribution in [0.1, 0.15) is 21.6 Å². The van der Waals surface area contributed by atoms with Gasteiger partial charge in [0.15, 0.2) is 0 Å². The van der Waals surface area contributed by atoms with Crippen LogP contribution >= 0.6 is 11.6 Å². The Labute approximate surface area is 167 Å². The van der Waals surface area contributed by atoms with Gasteiger partial charge in [0.1, 0.15) is 5.69 Å². The van der Waals surface area contributed by atoms with Gasteiger partial charge in [-0.2, -0.15) is 5.10 Å². The molecule has 142 valence electrons. The summed E-state index contributed by atoms with van der Waals surface area (Å²) < 4.78 is 1.74. The first-order valence-electron chi connectivity index (χ1n) is 8.92. The van der Waals surface area contributed by atoms with Crippen molar-refractivity contribution in [1.29, 1.82) is 0 Å². The Hall–Kier alpha value is -3.12. The molecule has 0 spiro atoms. The van der Waals surface area contributed by atoms with Crippen LogP contribution in [0.25, 0.3) is 11.3 Å². The van der Waals surface area contributed by atoms with E-state index in [2.05, 4.69) is 5.10 Å². The number of aromatic nitrogens is 2. The summed E-state index contributed by atoms with van der Waals surface area (Å²) in [5.74, 6) is -0.951. The Balaban J connectivity index is 1.54. The number of rotatable bonds is 5.